The molecule has 56 heavy (non-hydrogen) atoms. The summed E-state index contributed by atoms with van der Waals surface area (Å²) >= 11 is 0. The molecule has 5 rings (SSSR count). The number of benzene rings is 2. The molecule has 2 aliphatic rings. The minimum atomic E-state index is -5.40. The van der Waals surface area contributed by atoms with Crippen LogP contribution in [0.2, 0.25) is 0 Å². The average molecular weight is 815 g/mol. The van der Waals surface area contributed by atoms with Crippen LogP contribution < -0.4 is 14.6 Å². The molecule has 3 heterocycles. The first kappa shape index (κ1) is 41.4. The van der Waals surface area contributed by atoms with Crippen molar-refractivity contribution in [2.45, 2.75) is 57.0 Å². The molecule has 1 aromatic heterocycles. The molecule has 0 spiro atoms. The number of hydrogen-bond donors (Lipinski definition) is 1. The molecule has 2 fully saturated rings. The Labute approximate surface area is 307 Å². The standard InChI is InChI=1S/C33H26F12N6O5/c1-14(27(52)53)26(33(43,44)45)51(46-3)19-8-20(25(55-4)22(34)9-19)21-10-47-28(49-12-30(35,36)13-49)48-23(21)11-50-15(2)24(56-29(50)54)16-5-17(31(37,38)39)7-18(6-16)32(40,41)42/h5-10,15,24H,3,11-13H2,1-2,4H3,(H,52,53)/b26-14+/t15-,24-/m0/s1. The van der Waals surface area contributed by atoms with Crippen molar-refractivity contribution in [3.05, 3.63) is 76.0 Å². The van der Waals surface area contributed by atoms with Crippen LogP contribution in [-0.2, 0) is 28.4 Å². The Bertz CT molecular complexity index is 2060. The average Bonchev–Trinajstić information content (AvgIpc) is 3.35. The molecule has 3 aromatic rings. The number of nitrogens with zero attached hydrogens (tertiary/aromatic N) is 6. The van der Waals surface area contributed by atoms with E-state index in [4.69, 9.17) is 9.47 Å². The lowest BCUT2D eigenvalue weighted by Gasteiger charge is -2.38. The number of hydrogen-bond acceptors (Lipinski definition) is 9. The molecule has 1 N–H and O–H groups in total. The second-order valence-electron chi connectivity index (χ2n) is 12.5. The van der Waals surface area contributed by atoms with Gasteiger partial charge in [-0.15, -0.1) is 0 Å². The first-order valence-corrected chi connectivity index (χ1v) is 15.7. The number of carbonyl (C=O) groups excluding carboxylic acids is 1. The van der Waals surface area contributed by atoms with Crippen molar-refractivity contribution < 1.29 is 76.9 Å². The molecular formula is C33H26F12N6O5. The number of hydrazone groups is 1. The minimum absolute atomic E-state index is 0.0265. The number of aliphatic carboxylic acids is 1. The van der Waals surface area contributed by atoms with Gasteiger partial charge in [-0.1, -0.05) is 0 Å². The number of cyclic esters (lactones) is 1. The molecule has 0 bridgehead atoms. The van der Waals surface area contributed by atoms with Crippen molar-refractivity contribution in [1.29, 1.82) is 0 Å². The van der Waals surface area contributed by atoms with Gasteiger partial charge in [-0.05, 0) is 43.7 Å². The highest BCUT2D eigenvalue weighted by Crippen LogP contribution is 2.44. The number of halogens is 12. The maximum atomic E-state index is 15.7. The van der Waals surface area contributed by atoms with E-state index in [2.05, 4.69) is 21.8 Å². The molecular weight excluding hydrogens is 788 g/mol. The Morgan fingerprint density at radius 1 is 1.04 bits per heavy atom. The number of amides is 1. The smallest absolute Gasteiger partial charge is 0.433 e. The monoisotopic (exact) mass is 814 g/mol. The summed E-state index contributed by atoms with van der Waals surface area (Å²) in [6, 6.07) is 0.544. The number of carboxylic acid groups (broad SMARTS) is 1. The van der Waals surface area contributed by atoms with Gasteiger partial charge >= 0.3 is 30.6 Å². The molecule has 302 valence electrons. The molecule has 23 heteroatoms. The Morgan fingerprint density at radius 3 is 2.11 bits per heavy atom. The van der Waals surface area contributed by atoms with Gasteiger partial charge < -0.3 is 19.5 Å². The molecule has 2 aromatic carbocycles. The summed E-state index contributed by atoms with van der Waals surface area (Å²) < 4.78 is 178. The van der Waals surface area contributed by atoms with Gasteiger partial charge in [0.25, 0.3) is 5.92 Å². The number of carbonyl (C=O) groups is 2. The Kier molecular flexibility index (Phi) is 10.6. The van der Waals surface area contributed by atoms with Gasteiger partial charge in [0.1, 0.15) is 6.10 Å². The predicted octanol–water partition coefficient (Wildman–Crippen LogP) is 8.21. The van der Waals surface area contributed by atoms with E-state index >= 15 is 4.39 Å². The van der Waals surface area contributed by atoms with Gasteiger partial charge in [-0.25, -0.2) is 37.7 Å². The van der Waals surface area contributed by atoms with Crippen molar-refractivity contribution >= 4 is 30.4 Å². The first-order valence-electron chi connectivity index (χ1n) is 15.7. The SMILES string of the molecule is C=NN(/C(=C(\C)C(=O)O)C(F)(F)F)c1cc(F)c(OC)c(-c2cnc(N3CC(F)(F)C3)nc2CN2C(=O)O[C@H](c3cc(C(F)(F)F)cc(C(F)(F)F)c3)[C@@H]2C)c1. The zero-order valence-corrected chi connectivity index (χ0v) is 28.7. The second-order valence-corrected chi connectivity index (χ2v) is 12.5. The van der Waals surface area contributed by atoms with Crippen LogP contribution in [0.1, 0.15) is 42.3 Å². The van der Waals surface area contributed by atoms with Crippen LogP contribution in [0.3, 0.4) is 0 Å². The van der Waals surface area contributed by atoms with Crippen LogP contribution in [0, 0.1) is 5.82 Å². The highest BCUT2D eigenvalue weighted by Gasteiger charge is 2.47. The highest BCUT2D eigenvalue weighted by molar-refractivity contribution is 5.88. The molecule has 0 aliphatic carbocycles. The fourth-order valence-electron chi connectivity index (χ4n) is 6.01. The molecule has 11 nitrogen and oxygen atoms in total. The lowest BCUT2D eigenvalue weighted by Crippen LogP contribution is -2.57. The highest BCUT2D eigenvalue weighted by atomic mass is 19.4. The van der Waals surface area contributed by atoms with E-state index in [0.29, 0.717) is 25.1 Å². The van der Waals surface area contributed by atoms with Crippen molar-refractivity contribution in [2.75, 3.05) is 30.1 Å². The van der Waals surface area contributed by atoms with Crippen LogP contribution >= 0.6 is 0 Å². The Morgan fingerprint density at radius 2 is 1.62 bits per heavy atom. The fourth-order valence-corrected chi connectivity index (χ4v) is 6.01. The van der Waals surface area contributed by atoms with Crippen LogP contribution in [0.15, 0.2) is 52.9 Å². The van der Waals surface area contributed by atoms with Crippen LogP contribution in [0.4, 0.5) is 69.1 Å². The Balaban J connectivity index is 1.65. The van der Waals surface area contributed by atoms with Gasteiger partial charge in [0.2, 0.25) is 5.95 Å². The molecule has 2 saturated heterocycles. The largest absolute Gasteiger partial charge is 0.493 e. The summed E-state index contributed by atoms with van der Waals surface area (Å²) in [5.74, 6) is -7.62. The number of alkyl halides is 11. The fraction of sp³-hybridized carbons (Fsp3) is 0.364. The summed E-state index contributed by atoms with van der Waals surface area (Å²) in [6.45, 7) is 2.30. The van der Waals surface area contributed by atoms with Crippen LogP contribution in [0.5, 0.6) is 5.75 Å². The van der Waals surface area contributed by atoms with Crippen molar-refractivity contribution in [1.82, 2.24) is 14.9 Å². The van der Waals surface area contributed by atoms with Crippen LogP contribution in [-0.4, -0.2) is 77.1 Å². The van der Waals surface area contributed by atoms with Crippen LogP contribution in [0.25, 0.3) is 11.1 Å². The Hall–Kier alpha value is -5.77. The minimum Gasteiger partial charge on any atom is -0.493 e. The van der Waals surface area contributed by atoms with Gasteiger partial charge in [-0.3, -0.25) is 4.90 Å². The first-order chi connectivity index (χ1) is 25.8. The third-order valence-corrected chi connectivity index (χ3v) is 8.70. The zero-order chi connectivity index (χ0) is 41.9. The van der Waals surface area contributed by atoms with E-state index in [1.807, 2.05) is 0 Å². The number of carboxylic acids is 1. The summed E-state index contributed by atoms with van der Waals surface area (Å²) in [5, 5.41) is 12.6. The van der Waals surface area contributed by atoms with Gasteiger partial charge in [0, 0.05) is 30.1 Å². The van der Waals surface area contributed by atoms with Crippen molar-refractivity contribution in [2.24, 2.45) is 5.10 Å². The summed E-state index contributed by atoms with van der Waals surface area (Å²) in [4.78, 5) is 34.8. The summed E-state index contributed by atoms with van der Waals surface area (Å²) in [5.41, 5.74) is -9.20. The topological polar surface area (TPSA) is 121 Å². The maximum Gasteiger partial charge on any atom is 0.433 e. The molecule has 1 amide bonds. The lowest BCUT2D eigenvalue weighted by molar-refractivity contribution is -0.143. The molecule has 2 aliphatic heterocycles. The molecule has 0 saturated carbocycles. The van der Waals surface area contributed by atoms with Gasteiger partial charge in [0.15, 0.2) is 17.3 Å². The number of anilines is 2. The summed E-state index contributed by atoms with van der Waals surface area (Å²) in [6.07, 6.45) is -18.0. The number of rotatable bonds is 10. The molecule has 0 radical (unpaired) electrons. The number of methoxy groups -OCH3 is 1. The normalized spacial score (nSPS) is 18.9. The lowest BCUT2D eigenvalue weighted by atomic mass is 9.97. The number of ether oxygens (including phenoxy) is 2. The third-order valence-electron chi connectivity index (χ3n) is 8.70. The second kappa shape index (κ2) is 14.4. The van der Waals surface area contributed by atoms with E-state index in [9.17, 15) is 63.0 Å². The van der Waals surface area contributed by atoms with E-state index in [1.54, 1.807) is 0 Å². The van der Waals surface area contributed by atoms with E-state index in [-0.39, 0.29) is 28.3 Å². The molecule has 2 atom stereocenters. The molecule has 0 unspecified atom stereocenters. The zero-order valence-electron chi connectivity index (χ0n) is 28.7. The number of aromatic nitrogens is 2. The van der Waals surface area contributed by atoms with E-state index in [1.165, 1.54) is 6.92 Å². The van der Waals surface area contributed by atoms with Gasteiger partial charge in [-0.2, -0.15) is 44.6 Å². The summed E-state index contributed by atoms with van der Waals surface area (Å²) in [7, 11) is 0.951. The van der Waals surface area contributed by atoms with Gasteiger partial charge in [0.05, 0.1) is 60.9 Å². The third kappa shape index (κ3) is 8.10. The number of allylic oxidation sites excluding steroid dienone is 1. The maximum absolute atomic E-state index is 15.7. The van der Waals surface area contributed by atoms with Crippen molar-refractivity contribution in [3.63, 3.8) is 0 Å². The quantitative estimate of drug-likeness (QED) is 0.0935. The predicted molar refractivity (Wildman–Crippen MR) is 170 cm³/mol. The van der Waals surface area contributed by atoms with E-state index in [0.717, 1.165) is 29.2 Å². The van der Waals surface area contributed by atoms with Crippen molar-refractivity contribution in [3.8, 4) is 16.9 Å². The van der Waals surface area contributed by atoms with E-state index < -0.39 is 119 Å².